The number of rotatable bonds is 3. The van der Waals surface area contributed by atoms with Crippen LogP contribution in [0, 0.1) is 17.5 Å². The number of benzene rings is 2. The maximum absolute atomic E-state index is 13.6. The van der Waals surface area contributed by atoms with Gasteiger partial charge in [0.2, 0.25) is 0 Å². The van der Waals surface area contributed by atoms with E-state index in [1.807, 2.05) is 0 Å². The van der Waals surface area contributed by atoms with E-state index in [4.69, 9.17) is 16.3 Å². The fraction of sp³-hybridized carbons (Fsp3) is 0.143. The van der Waals surface area contributed by atoms with Gasteiger partial charge in [0.05, 0.1) is 12.5 Å². The summed E-state index contributed by atoms with van der Waals surface area (Å²) in [6.45, 7) is 0. The summed E-state index contributed by atoms with van der Waals surface area (Å²) in [6, 6.07) is 8.57. The van der Waals surface area contributed by atoms with Crippen molar-refractivity contribution in [1.29, 1.82) is 0 Å². The van der Waals surface area contributed by atoms with Crippen LogP contribution < -0.4 is 4.74 Å². The Morgan fingerprint density at radius 2 is 1.58 bits per heavy atom. The van der Waals surface area contributed by atoms with Gasteiger partial charge in [0.15, 0.2) is 17.5 Å². The Morgan fingerprint density at radius 1 is 0.947 bits per heavy atom. The van der Waals surface area contributed by atoms with Crippen LogP contribution in [0.15, 0.2) is 36.4 Å². The van der Waals surface area contributed by atoms with Crippen LogP contribution in [-0.4, -0.2) is 7.11 Å². The molecule has 19 heavy (non-hydrogen) atoms. The van der Waals surface area contributed by atoms with Crippen molar-refractivity contribution < 1.29 is 17.9 Å². The van der Waals surface area contributed by atoms with Gasteiger partial charge in [0, 0.05) is 5.56 Å². The van der Waals surface area contributed by atoms with E-state index in [9.17, 15) is 13.2 Å². The average molecular weight is 287 g/mol. The summed E-state index contributed by atoms with van der Waals surface area (Å²) in [5.74, 6) is -3.40. The molecule has 0 heterocycles. The lowest BCUT2D eigenvalue weighted by atomic mass is 10.0. The van der Waals surface area contributed by atoms with Gasteiger partial charge in [-0.1, -0.05) is 18.2 Å². The van der Waals surface area contributed by atoms with Crippen molar-refractivity contribution in [2.75, 3.05) is 7.11 Å². The monoisotopic (exact) mass is 286 g/mol. The molecule has 0 radical (unpaired) electrons. The number of methoxy groups -OCH3 is 1. The topological polar surface area (TPSA) is 9.23 Å². The predicted octanol–water partition coefficient (Wildman–Crippen LogP) is 4.44. The minimum absolute atomic E-state index is 0.106. The molecular weight excluding hydrogens is 277 g/mol. The summed E-state index contributed by atoms with van der Waals surface area (Å²) in [5.41, 5.74) is 0.457. The third-order valence-electron chi connectivity index (χ3n) is 2.75. The lowest BCUT2D eigenvalue weighted by Gasteiger charge is -2.12. The molecule has 1 atom stereocenters. The molecule has 1 unspecified atom stereocenters. The van der Waals surface area contributed by atoms with Gasteiger partial charge < -0.3 is 4.74 Å². The Balaban J connectivity index is 2.38. The number of hydrogen-bond acceptors (Lipinski definition) is 1. The Labute approximate surface area is 113 Å². The molecular formula is C14H10ClF3O. The van der Waals surface area contributed by atoms with Gasteiger partial charge in [-0.25, -0.2) is 13.2 Å². The van der Waals surface area contributed by atoms with Crippen LogP contribution in [0.25, 0.3) is 0 Å². The van der Waals surface area contributed by atoms with Crippen LogP contribution in [0.1, 0.15) is 16.5 Å². The second-order valence-corrected chi connectivity index (χ2v) is 4.34. The van der Waals surface area contributed by atoms with E-state index in [2.05, 4.69) is 0 Å². The Morgan fingerprint density at radius 3 is 2.16 bits per heavy atom. The van der Waals surface area contributed by atoms with Gasteiger partial charge in [-0.3, -0.25) is 0 Å². The summed E-state index contributed by atoms with van der Waals surface area (Å²) in [5, 5.41) is -0.902. The molecule has 0 fully saturated rings. The molecule has 0 saturated carbocycles. The second kappa shape index (κ2) is 5.53. The smallest absolute Gasteiger partial charge is 0.194 e. The summed E-state index contributed by atoms with van der Waals surface area (Å²) in [4.78, 5) is 0. The van der Waals surface area contributed by atoms with Crippen molar-refractivity contribution in [3.8, 4) is 5.75 Å². The first kappa shape index (κ1) is 13.7. The van der Waals surface area contributed by atoms with Gasteiger partial charge >= 0.3 is 0 Å². The average Bonchev–Trinajstić information content (AvgIpc) is 2.44. The van der Waals surface area contributed by atoms with Crippen LogP contribution in [0.2, 0.25) is 0 Å². The van der Waals surface area contributed by atoms with Crippen molar-refractivity contribution in [3.63, 3.8) is 0 Å². The standard InChI is InChI=1S/C14H10ClF3O/c1-19-9-4-2-8(3-5-9)12(15)10-6-7-11(16)14(18)13(10)17/h2-7,12H,1H3. The Kier molecular flexibility index (Phi) is 4.00. The van der Waals surface area contributed by atoms with Gasteiger partial charge in [-0.15, -0.1) is 11.6 Å². The molecule has 2 aromatic carbocycles. The van der Waals surface area contributed by atoms with Crippen molar-refractivity contribution in [1.82, 2.24) is 0 Å². The van der Waals surface area contributed by atoms with E-state index < -0.39 is 22.8 Å². The largest absolute Gasteiger partial charge is 0.497 e. The molecule has 0 N–H and O–H groups in total. The summed E-state index contributed by atoms with van der Waals surface area (Å²) < 4.78 is 44.6. The highest BCUT2D eigenvalue weighted by Gasteiger charge is 2.20. The second-order valence-electron chi connectivity index (χ2n) is 3.90. The minimum atomic E-state index is -1.52. The van der Waals surface area contributed by atoms with E-state index >= 15 is 0 Å². The fourth-order valence-corrected chi connectivity index (χ4v) is 2.00. The van der Waals surface area contributed by atoms with E-state index in [1.54, 1.807) is 24.3 Å². The highest BCUT2D eigenvalue weighted by Crippen LogP contribution is 2.32. The van der Waals surface area contributed by atoms with Crippen LogP contribution >= 0.6 is 11.6 Å². The Hall–Kier alpha value is -1.68. The molecule has 0 amide bonds. The van der Waals surface area contributed by atoms with Crippen molar-refractivity contribution in [2.45, 2.75) is 5.38 Å². The molecule has 0 aliphatic heterocycles. The zero-order chi connectivity index (χ0) is 14.0. The Bertz CT molecular complexity index is 584. The molecule has 100 valence electrons. The lowest BCUT2D eigenvalue weighted by molar-refractivity contribution is 0.414. The van der Waals surface area contributed by atoms with Crippen molar-refractivity contribution in [3.05, 3.63) is 65.0 Å². The SMILES string of the molecule is COc1ccc(C(Cl)c2ccc(F)c(F)c2F)cc1. The van der Waals surface area contributed by atoms with Gasteiger partial charge in [-0.2, -0.15) is 0 Å². The summed E-state index contributed by atoms with van der Waals surface area (Å²) in [6.07, 6.45) is 0. The number of hydrogen-bond donors (Lipinski definition) is 0. The van der Waals surface area contributed by atoms with E-state index in [0.29, 0.717) is 11.3 Å². The molecule has 0 bridgehead atoms. The van der Waals surface area contributed by atoms with Crippen molar-refractivity contribution in [2.24, 2.45) is 0 Å². The number of alkyl halides is 1. The van der Waals surface area contributed by atoms with Crippen LogP contribution in [0.5, 0.6) is 5.75 Å². The summed E-state index contributed by atoms with van der Waals surface area (Å²) in [7, 11) is 1.52. The number of halogens is 4. The first-order valence-electron chi connectivity index (χ1n) is 5.46. The maximum Gasteiger partial charge on any atom is 0.194 e. The first-order valence-corrected chi connectivity index (χ1v) is 5.89. The lowest BCUT2D eigenvalue weighted by Crippen LogP contribution is -2.01. The molecule has 0 aliphatic carbocycles. The van der Waals surface area contributed by atoms with Crippen molar-refractivity contribution >= 4 is 11.6 Å². The zero-order valence-electron chi connectivity index (χ0n) is 9.96. The fourth-order valence-electron chi connectivity index (χ4n) is 1.69. The minimum Gasteiger partial charge on any atom is -0.497 e. The zero-order valence-corrected chi connectivity index (χ0v) is 10.7. The van der Waals surface area contributed by atoms with Crippen LogP contribution in [-0.2, 0) is 0 Å². The highest BCUT2D eigenvalue weighted by atomic mass is 35.5. The molecule has 2 rings (SSSR count). The highest BCUT2D eigenvalue weighted by molar-refractivity contribution is 6.22. The molecule has 5 heteroatoms. The van der Waals surface area contributed by atoms with Gasteiger partial charge in [-0.05, 0) is 23.8 Å². The quantitative estimate of drug-likeness (QED) is 0.599. The van der Waals surface area contributed by atoms with E-state index in [-0.39, 0.29) is 5.56 Å². The molecule has 0 aliphatic rings. The van der Waals surface area contributed by atoms with E-state index in [1.165, 1.54) is 7.11 Å². The molecule has 2 aromatic rings. The number of ether oxygens (including phenoxy) is 1. The molecule has 0 aromatic heterocycles. The predicted molar refractivity (Wildman–Crippen MR) is 67.0 cm³/mol. The molecule has 0 saturated heterocycles. The van der Waals surface area contributed by atoms with Crippen LogP contribution in [0.4, 0.5) is 13.2 Å². The van der Waals surface area contributed by atoms with Crippen LogP contribution in [0.3, 0.4) is 0 Å². The van der Waals surface area contributed by atoms with E-state index in [0.717, 1.165) is 12.1 Å². The maximum atomic E-state index is 13.6. The third kappa shape index (κ3) is 2.68. The normalized spacial score (nSPS) is 12.3. The molecule has 1 nitrogen and oxygen atoms in total. The first-order chi connectivity index (χ1) is 9.04. The third-order valence-corrected chi connectivity index (χ3v) is 3.23. The molecule has 0 spiro atoms. The summed E-state index contributed by atoms with van der Waals surface area (Å²) >= 11 is 6.09. The van der Waals surface area contributed by atoms with Gasteiger partial charge in [0.25, 0.3) is 0 Å². The van der Waals surface area contributed by atoms with Gasteiger partial charge in [0.1, 0.15) is 5.75 Å².